The lowest BCUT2D eigenvalue weighted by molar-refractivity contribution is 0.362. The molecule has 10 heavy (non-hydrogen) atoms. The van der Waals surface area contributed by atoms with Crippen molar-refractivity contribution in [3.8, 4) is 0 Å². The van der Waals surface area contributed by atoms with Gasteiger partial charge in [-0.25, -0.2) is 0 Å². The topological polar surface area (TPSA) is 0 Å². The van der Waals surface area contributed by atoms with Crippen molar-refractivity contribution in [2.24, 2.45) is 5.92 Å². The molecule has 0 amide bonds. The van der Waals surface area contributed by atoms with Crippen molar-refractivity contribution in [3.05, 3.63) is 5.92 Å². The van der Waals surface area contributed by atoms with Gasteiger partial charge in [0.05, 0.1) is 0 Å². The summed E-state index contributed by atoms with van der Waals surface area (Å²) in [5, 5.41) is 0. The summed E-state index contributed by atoms with van der Waals surface area (Å²) in [6, 6.07) is 0. The minimum atomic E-state index is 0.985. The van der Waals surface area contributed by atoms with Crippen molar-refractivity contribution in [2.75, 3.05) is 0 Å². The van der Waals surface area contributed by atoms with E-state index in [0.29, 0.717) is 0 Å². The van der Waals surface area contributed by atoms with Crippen LogP contribution in [0, 0.1) is 11.8 Å². The molecular formula is C10H19. The molecule has 0 saturated heterocycles. The molecule has 1 radical (unpaired) electrons. The Kier molecular flexibility index (Phi) is 3.24. The van der Waals surface area contributed by atoms with Crippen LogP contribution in [-0.2, 0) is 0 Å². The second-order valence-corrected chi connectivity index (χ2v) is 3.53. The fraction of sp³-hybridized carbons (Fsp3) is 0.900. The molecule has 0 unspecified atom stereocenters. The molecular weight excluding hydrogens is 120 g/mol. The normalized spacial score (nSPS) is 21.9. The number of rotatable bonds is 2. The van der Waals surface area contributed by atoms with Crippen molar-refractivity contribution >= 4 is 0 Å². The third-order valence-corrected chi connectivity index (χ3v) is 2.86. The van der Waals surface area contributed by atoms with Gasteiger partial charge in [-0.2, -0.15) is 0 Å². The van der Waals surface area contributed by atoms with Crippen molar-refractivity contribution < 1.29 is 0 Å². The predicted molar refractivity (Wildman–Crippen MR) is 45.8 cm³/mol. The van der Waals surface area contributed by atoms with Gasteiger partial charge in [-0.05, 0) is 31.1 Å². The molecule has 0 atom stereocenters. The third-order valence-electron chi connectivity index (χ3n) is 2.86. The van der Waals surface area contributed by atoms with Crippen LogP contribution in [-0.4, -0.2) is 0 Å². The molecule has 0 aromatic rings. The van der Waals surface area contributed by atoms with Crippen LogP contribution in [0.3, 0.4) is 0 Å². The maximum atomic E-state index is 2.33. The van der Waals surface area contributed by atoms with Gasteiger partial charge in [-0.1, -0.05) is 33.1 Å². The van der Waals surface area contributed by atoms with Gasteiger partial charge in [0.2, 0.25) is 0 Å². The van der Waals surface area contributed by atoms with E-state index in [4.69, 9.17) is 0 Å². The molecule has 1 saturated carbocycles. The Labute approximate surface area is 65.0 Å². The molecule has 0 spiro atoms. The van der Waals surface area contributed by atoms with Crippen LogP contribution < -0.4 is 0 Å². The first kappa shape index (κ1) is 8.10. The minimum absolute atomic E-state index is 0.985. The smallest absolute Gasteiger partial charge is 0.0244 e. The van der Waals surface area contributed by atoms with Crippen LogP contribution in [0.25, 0.3) is 0 Å². The monoisotopic (exact) mass is 139 g/mol. The van der Waals surface area contributed by atoms with Gasteiger partial charge in [0.15, 0.2) is 0 Å². The summed E-state index contributed by atoms with van der Waals surface area (Å²) >= 11 is 0. The Balaban J connectivity index is 2.24. The van der Waals surface area contributed by atoms with Crippen molar-refractivity contribution in [2.45, 2.75) is 52.4 Å². The molecule has 0 nitrogen and oxygen atoms in total. The summed E-state index contributed by atoms with van der Waals surface area (Å²) in [4.78, 5) is 0. The molecule has 1 aliphatic rings. The molecule has 1 aliphatic carbocycles. The molecule has 0 heterocycles. The summed E-state index contributed by atoms with van der Waals surface area (Å²) < 4.78 is 0. The Bertz CT molecular complexity index is 80.0. The van der Waals surface area contributed by atoms with E-state index in [2.05, 4.69) is 13.8 Å². The molecule has 1 fully saturated rings. The van der Waals surface area contributed by atoms with E-state index in [0.717, 1.165) is 5.92 Å². The molecule has 0 heteroatoms. The molecule has 0 aromatic heterocycles. The van der Waals surface area contributed by atoms with Gasteiger partial charge < -0.3 is 0 Å². The zero-order chi connectivity index (χ0) is 7.40. The SMILES string of the molecule is CC[C](C)C1CCCCC1. The largest absolute Gasteiger partial charge is 0.0648 e. The third kappa shape index (κ3) is 2.00. The second kappa shape index (κ2) is 4.00. The first-order chi connectivity index (χ1) is 4.84. The molecule has 0 aromatic carbocycles. The molecule has 0 aliphatic heterocycles. The number of hydrogen-bond donors (Lipinski definition) is 0. The lowest BCUT2D eigenvalue weighted by Crippen LogP contribution is -2.12. The maximum absolute atomic E-state index is 2.33. The highest BCUT2D eigenvalue weighted by Crippen LogP contribution is 2.32. The molecule has 1 rings (SSSR count). The lowest BCUT2D eigenvalue weighted by atomic mass is 9.80. The van der Waals surface area contributed by atoms with Crippen LogP contribution in [0.4, 0.5) is 0 Å². The Morgan fingerprint density at radius 1 is 1.20 bits per heavy atom. The van der Waals surface area contributed by atoms with E-state index in [1.807, 2.05) is 0 Å². The fourth-order valence-electron chi connectivity index (χ4n) is 1.88. The maximum Gasteiger partial charge on any atom is -0.0244 e. The van der Waals surface area contributed by atoms with Crippen LogP contribution in [0.2, 0.25) is 0 Å². The fourth-order valence-corrected chi connectivity index (χ4v) is 1.88. The van der Waals surface area contributed by atoms with Gasteiger partial charge in [-0.3, -0.25) is 0 Å². The first-order valence-electron chi connectivity index (χ1n) is 4.67. The summed E-state index contributed by atoms with van der Waals surface area (Å²) in [5.74, 6) is 2.72. The number of hydrogen-bond acceptors (Lipinski definition) is 0. The van der Waals surface area contributed by atoms with Crippen molar-refractivity contribution in [1.29, 1.82) is 0 Å². The van der Waals surface area contributed by atoms with E-state index < -0.39 is 0 Å². The first-order valence-corrected chi connectivity index (χ1v) is 4.67. The van der Waals surface area contributed by atoms with Crippen LogP contribution in [0.15, 0.2) is 0 Å². The highest BCUT2D eigenvalue weighted by atomic mass is 14.2. The van der Waals surface area contributed by atoms with Gasteiger partial charge >= 0.3 is 0 Å². The Hall–Kier alpha value is 0. The van der Waals surface area contributed by atoms with Gasteiger partial charge in [0.25, 0.3) is 0 Å². The highest BCUT2D eigenvalue weighted by Gasteiger charge is 2.18. The summed E-state index contributed by atoms with van der Waals surface area (Å²) in [6.45, 7) is 4.61. The summed E-state index contributed by atoms with van der Waals surface area (Å²) in [7, 11) is 0. The standard InChI is InChI=1S/C10H19/c1-3-9(2)10-7-5-4-6-8-10/h10H,3-8H2,1-2H3. The predicted octanol–water partition coefficient (Wildman–Crippen LogP) is 3.57. The van der Waals surface area contributed by atoms with Gasteiger partial charge in [-0.15, -0.1) is 0 Å². The van der Waals surface area contributed by atoms with E-state index in [1.54, 1.807) is 5.92 Å². The molecule has 0 bridgehead atoms. The van der Waals surface area contributed by atoms with Gasteiger partial charge in [0, 0.05) is 0 Å². The second-order valence-electron chi connectivity index (χ2n) is 3.53. The molecule has 59 valence electrons. The van der Waals surface area contributed by atoms with Crippen molar-refractivity contribution in [3.63, 3.8) is 0 Å². The van der Waals surface area contributed by atoms with Crippen LogP contribution >= 0.6 is 0 Å². The van der Waals surface area contributed by atoms with E-state index >= 15 is 0 Å². The van der Waals surface area contributed by atoms with Crippen LogP contribution in [0.1, 0.15) is 52.4 Å². The average Bonchev–Trinajstić information content (AvgIpc) is 2.05. The average molecular weight is 139 g/mol. The quantitative estimate of drug-likeness (QED) is 0.548. The Morgan fingerprint density at radius 3 is 2.30 bits per heavy atom. The Morgan fingerprint density at radius 2 is 1.80 bits per heavy atom. The summed E-state index contributed by atoms with van der Waals surface area (Å²) in [6.07, 6.45) is 8.67. The molecule has 0 N–H and O–H groups in total. The minimum Gasteiger partial charge on any atom is -0.0648 e. The lowest BCUT2D eigenvalue weighted by Gasteiger charge is -2.26. The zero-order valence-corrected chi connectivity index (χ0v) is 7.32. The van der Waals surface area contributed by atoms with Crippen LogP contribution in [0.5, 0.6) is 0 Å². The van der Waals surface area contributed by atoms with Crippen molar-refractivity contribution in [1.82, 2.24) is 0 Å². The highest BCUT2D eigenvalue weighted by molar-refractivity contribution is 4.91. The van der Waals surface area contributed by atoms with Gasteiger partial charge in [0.1, 0.15) is 0 Å². The zero-order valence-electron chi connectivity index (χ0n) is 7.32. The van der Waals surface area contributed by atoms with E-state index in [-0.39, 0.29) is 0 Å². The van der Waals surface area contributed by atoms with E-state index in [1.165, 1.54) is 38.5 Å². The van der Waals surface area contributed by atoms with E-state index in [9.17, 15) is 0 Å². The summed E-state index contributed by atoms with van der Waals surface area (Å²) in [5.41, 5.74) is 0.